The van der Waals surface area contributed by atoms with Crippen LogP contribution in [0.1, 0.15) is 30.1 Å². The summed E-state index contributed by atoms with van der Waals surface area (Å²) in [6.07, 6.45) is 1.16. The van der Waals surface area contributed by atoms with Gasteiger partial charge in [-0.2, -0.15) is 0 Å². The SMILES string of the molecule is Cc1cccc(NC2CCN(CC(O)c3ccc(F)c(F)c3)CC2)c1. The van der Waals surface area contributed by atoms with Crippen LogP contribution >= 0.6 is 0 Å². The lowest BCUT2D eigenvalue weighted by Crippen LogP contribution is -2.40. The van der Waals surface area contributed by atoms with Crippen LogP contribution in [0, 0.1) is 18.6 Å². The van der Waals surface area contributed by atoms with Gasteiger partial charge in [0.2, 0.25) is 0 Å². The molecule has 0 amide bonds. The summed E-state index contributed by atoms with van der Waals surface area (Å²) >= 11 is 0. The van der Waals surface area contributed by atoms with E-state index < -0.39 is 17.7 Å². The fourth-order valence-corrected chi connectivity index (χ4v) is 3.30. The third kappa shape index (κ3) is 4.77. The Bertz CT molecular complexity index is 715. The van der Waals surface area contributed by atoms with E-state index in [2.05, 4.69) is 35.3 Å². The number of rotatable bonds is 5. The first kappa shape index (κ1) is 17.8. The van der Waals surface area contributed by atoms with E-state index in [4.69, 9.17) is 0 Å². The second kappa shape index (κ2) is 7.93. The van der Waals surface area contributed by atoms with Gasteiger partial charge in [0.15, 0.2) is 11.6 Å². The highest BCUT2D eigenvalue weighted by molar-refractivity contribution is 5.46. The normalized spacial score (nSPS) is 17.4. The molecular formula is C20H24F2N2O. The van der Waals surface area contributed by atoms with E-state index in [1.54, 1.807) is 0 Å². The molecule has 1 heterocycles. The highest BCUT2D eigenvalue weighted by Crippen LogP contribution is 2.21. The van der Waals surface area contributed by atoms with E-state index >= 15 is 0 Å². The molecule has 2 aromatic carbocycles. The van der Waals surface area contributed by atoms with Crippen molar-refractivity contribution in [1.82, 2.24) is 4.90 Å². The number of halogens is 2. The largest absolute Gasteiger partial charge is 0.387 e. The number of aliphatic hydroxyl groups is 1. The summed E-state index contributed by atoms with van der Waals surface area (Å²) < 4.78 is 26.3. The summed E-state index contributed by atoms with van der Waals surface area (Å²) in [6.45, 7) is 4.24. The van der Waals surface area contributed by atoms with Gasteiger partial charge in [-0.25, -0.2) is 8.78 Å². The van der Waals surface area contributed by atoms with Crippen molar-refractivity contribution < 1.29 is 13.9 Å². The molecule has 25 heavy (non-hydrogen) atoms. The van der Waals surface area contributed by atoms with Gasteiger partial charge in [-0.05, 0) is 55.2 Å². The minimum absolute atomic E-state index is 0.415. The fourth-order valence-electron chi connectivity index (χ4n) is 3.30. The summed E-state index contributed by atoms with van der Waals surface area (Å²) in [4.78, 5) is 2.17. The Morgan fingerprint density at radius 1 is 1.12 bits per heavy atom. The van der Waals surface area contributed by atoms with Crippen molar-refractivity contribution in [1.29, 1.82) is 0 Å². The maximum absolute atomic E-state index is 13.3. The Kier molecular flexibility index (Phi) is 5.66. The molecular weight excluding hydrogens is 322 g/mol. The first-order chi connectivity index (χ1) is 12.0. The first-order valence-electron chi connectivity index (χ1n) is 8.70. The number of hydrogen-bond acceptors (Lipinski definition) is 3. The predicted octanol–water partition coefficient (Wildman–Crippen LogP) is 3.88. The Morgan fingerprint density at radius 2 is 1.88 bits per heavy atom. The zero-order valence-electron chi connectivity index (χ0n) is 14.4. The zero-order chi connectivity index (χ0) is 17.8. The summed E-state index contributed by atoms with van der Waals surface area (Å²) in [5.74, 6) is -1.81. The quantitative estimate of drug-likeness (QED) is 0.862. The van der Waals surface area contributed by atoms with Crippen LogP contribution in [0.4, 0.5) is 14.5 Å². The van der Waals surface area contributed by atoms with Crippen molar-refractivity contribution in [3.05, 3.63) is 65.2 Å². The Balaban J connectivity index is 1.49. The highest BCUT2D eigenvalue weighted by atomic mass is 19.2. The minimum Gasteiger partial charge on any atom is -0.387 e. The van der Waals surface area contributed by atoms with E-state index in [1.807, 2.05) is 6.07 Å². The smallest absolute Gasteiger partial charge is 0.159 e. The van der Waals surface area contributed by atoms with Crippen LogP contribution in [0.3, 0.4) is 0 Å². The molecule has 1 unspecified atom stereocenters. The van der Waals surface area contributed by atoms with Crippen molar-refractivity contribution >= 4 is 5.69 Å². The number of hydrogen-bond donors (Lipinski definition) is 2. The van der Waals surface area contributed by atoms with Gasteiger partial charge in [-0.3, -0.25) is 0 Å². The van der Waals surface area contributed by atoms with Crippen molar-refractivity contribution in [3.8, 4) is 0 Å². The van der Waals surface area contributed by atoms with Gasteiger partial charge in [0.25, 0.3) is 0 Å². The van der Waals surface area contributed by atoms with Gasteiger partial charge in [-0.1, -0.05) is 18.2 Å². The van der Waals surface area contributed by atoms with Crippen LogP contribution in [0.25, 0.3) is 0 Å². The molecule has 0 aromatic heterocycles. The highest BCUT2D eigenvalue weighted by Gasteiger charge is 2.22. The topological polar surface area (TPSA) is 35.5 Å². The molecule has 0 spiro atoms. The van der Waals surface area contributed by atoms with Crippen LogP contribution in [-0.2, 0) is 0 Å². The number of aryl methyl sites for hydroxylation is 1. The maximum atomic E-state index is 13.3. The lowest BCUT2D eigenvalue weighted by atomic mass is 10.0. The number of likely N-dealkylation sites (tertiary alicyclic amines) is 1. The summed E-state index contributed by atoms with van der Waals surface area (Å²) in [7, 11) is 0. The molecule has 1 atom stereocenters. The van der Waals surface area contributed by atoms with Crippen LogP contribution in [0.5, 0.6) is 0 Å². The Morgan fingerprint density at radius 3 is 2.56 bits per heavy atom. The number of benzene rings is 2. The van der Waals surface area contributed by atoms with E-state index in [0.717, 1.165) is 43.8 Å². The van der Waals surface area contributed by atoms with Gasteiger partial charge in [0.1, 0.15) is 0 Å². The molecule has 0 radical (unpaired) electrons. The molecule has 3 nitrogen and oxygen atoms in total. The molecule has 1 aliphatic heterocycles. The predicted molar refractivity (Wildman–Crippen MR) is 95.6 cm³/mol. The molecule has 2 N–H and O–H groups in total. The van der Waals surface area contributed by atoms with Gasteiger partial charge in [0, 0.05) is 31.4 Å². The van der Waals surface area contributed by atoms with Gasteiger partial charge >= 0.3 is 0 Å². The third-order valence-corrected chi connectivity index (χ3v) is 4.74. The Labute approximate surface area is 147 Å². The standard InChI is InChI=1S/C20H24F2N2O/c1-14-3-2-4-17(11-14)23-16-7-9-24(10-8-16)13-20(25)15-5-6-18(21)19(22)12-15/h2-6,11-12,16,20,23,25H,7-10,13H2,1H3. The molecule has 2 aromatic rings. The van der Waals surface area contributed by atoms with E-state index in [9.17, 15) is 13.9 Å². The molecule has 1 fully saturated rings. The van der Waals surface area contributed by atoms with E-state index in [0.29, 0.717) is 18.2 Å². The molecule has 0 saturated carbocycles. The molecule has 134 valence electrons. The molecule has 1 saturated heterocycles. The molecule has 1 aliphatic rings. The minimum atomic E-state index is -0.919. The number of anilines is 1. The average molecular weight is 346 g/mol. The van der Waals surface area contributed by atoms with Gasteiger partial charge < -0.3 is 15.3 Å². The summed E-state index contributed by atoms with van der Waals surface area (Å²) in [5.41, 5.74) is 2.79. The van der Waals surface area contributed by atoms with Crippen molar-refractivity contribution in [2.24, 2.45) is 0 Å². The van der Waals surface area contributed by atoms with Crippen LogP contribution in [0.15, 0.2) is 42.5 Å². The molecule has 0 bridgehead atoms. The van der Waals surface area contributed by atoms with Crippen LogP contribution in [-0.4, -0.2) is 35.7 Å². The molecule has 3 rings (SSSR count). The van der Waals surface area contributed by atoms with E-state index in [1.165, 1.54) is 11.6 Å². The molecule has 5 heteroatoms. The lowest BCUT2D eigenvalue weighted by Gasteiger charge is -2.34. The second-order valence-corrected chi connectivity index (χ2v) is 6.78. The number of piperidine rings is 1. The number of nitrogens with one attached hydrogen (secondary N) is 1. The van der Waals surface area contributed by atoms with Crippen molar-refractivity contribution in [2.75, 3.05) is 25.0 Å². The first-order valence-corrected chi connectivity index (χ1v) is 8.70. The zero-order valence-corrected chi connectivity index (χ0v) is 14.4. The fraction of sp³-hybridized carbons (Fsp3) is 0.400. The maximum Gasteiger partial charge on any atom is 0.159 e. The third-order valence-electron chi connectivity index (χ3n) is 4.74. The number of β-amino-alcohol motifs (C(OH)–C–C–N with tert-alkyl or cyclic N) is 1. The summed E-state index contributed by atoms with van der Waals surface area (Å²) in [5, 5.41) is 13.8. The molecule has 0 aliphatic carbocycles. The lowest BCUT2D eigenvalue weighted by molar-refractivity contribution is 0.0988. The number of nitrogens with zero attached hydrogens (tertiary/aromatic N) is 1. The second-order valence-electron chi connectivity index (χ2n) is 6.78. The Hall–Kier alpha value is -1.98. The van der Waals surface area contributed by atoms with Crippen molar-refractivity contribution in [2.45, 2.75) is 31.9 Å². The monoisotopic (exact) mass is 346 g/mol. The van der Waals surface area contributed by atoms with Crippen molar-refractivity contribution in [3.63, 3.8) is 0 Å². The average Bonchev–Trinajstić information content (AvgIpc) is 2.59. The summed E-state index contributed by atoms with van der Waals surface area (Å²) in [6, 6.07) is 12.3. The van der Waals surface area contributed by atoms with Gasteiger partial charge in [-0.15, -0.1) is 0 Å². The number of aliphatic hydroxyl groups excluding tert-OH is 1. The van der Waals surface area contributed by atoms with Gasteiger partial charge in [0.05, 0.1) is 6.10 Å². The van der Waals surface area contributed by atoms with E-state index in [-0.39, 0.29) is 0 Å². The van der Waals surface area contributed by atoms with Crippen LogP contribution < -0.4 is 5.32 Å². The van der Waals surface area contributed by atoms with Crippen LogP contribution in [0.2, 0.25) is 0 Å².